The van der Waals surface area contributed by atoms with Crippen LogP contribution in [0.1, 0.15) is 0 Å². The molecule has 1 aromatic heterocycles. The zero-order valence-corrected chi connectivity index (χ0v) is 7.75. The highest BCUT2D eigenvalue weighted by Gasteiger charge is 2.12. The van der Waals surface area contributed by atoms with Crippen LogP contribution in [0.2, 0.25) is 0 Å². The molecule has 3 nitrogen and oxygen atoms in total. The highest BCUT2D eigenvalue weighted by molar-refractivity contribution is 7.17. The molecule has 0 atom stereocenters. The molecule has 0 amide bonds. The van der Waals surface area contributed by atoms with Crippen molar-refractivity contribution < 1.29 is 14.6 Å². The molecule has 2 rings (SSSR count). The normalized spacial score (nSPS) is 10.4. The fourth-order valence-electron chi connectivity index (χ4n) is 1.05. The highest BCUT2D eigenvalue weighted by atomic mass is 32.1. The van der Waals surface area contributed by atoms with E-state index in [9.17, 15) is 4.39 Å². The number of hydrogen-bond acceptors (Lipinski definition) is 4. The van der Waals surface area contributed by atoms with E-state index in [0.29, 0.717) is 0 Å². The second kappa shape index (κ2) is 3.26. The van der Waals surface area contributed by atoms with Gasteiger partial charge in [0, 0.05) is 5.56 Å². The standard InChI is InChI=1S/C9H6FNO2S/c10-6-4-2-1-3-5(6)8-11-7(12)9(13)14-8/h1-4,12-13H. The second-order valence-corrected chi connectivity index (χ2v) is 3.61. The maximum Gasteiger partial charge on any atom is 0.267 e. The van der Waals surface area contributed by atoms with Crippen LogP contribution >= 0.6 is 11.3 Å². The number of thiazole rings is 1. The van der Waals surface area contributed by atoms with Gasteiger partial charge in [-0.2, -0.15) is 4.98 Å². The Balaban J connectivity index is 2.55. The lowest BCUT2D eigenvalue weighted by Gasteiger charge is -1.95. The maximum absolute atomic E-state index is 13.2. The molecule has 0 unspecified atom stereocenters. The van der Waals surface area contributed by atoms with Gasteiger partial charge < -0.3 is 10.2 Å². The van der Waals surface area contributed by atoms with Crippen molar-refractivity contribution in [3.05, 3.63) is 30.1 Å². The molecule has 0 radical (unpaired) electrons. The zero-order valence-electron chi connectivity index (χ0n) is 6.94. The van der Waals surface area contributed by atoms with Crippen LogP contribution in [0.4, 0.5) is 4.39 Å². The van der Waals surface area contributed by atoms with E-state index in [1.54, 1.807) is 12.1 Å². The van der Waals surface area contributed by atoms with Gasteiger partial charge >= 0.3 is 0 Å². The summed E-state index contributed by atoms with van der Waals surface area (Å²) < 4.78 is 13.2. The lowest BCUT2D eigenvalue weighted by molar-refractivity contribution is 0.402. The number of aromatic nitrogens is 1. The minimum absolute atomic E-state index is 0.262. The molecule has 14 heavy (non-hydrogen) atoms. The summed E-state index contributed by atoms with van der Waals surface area (Å²) in [4.78, 5) is 3.63. The number of hydrogen-bond donors (Lipinski definition) is 2. The average Bonchev–Trinajstić information content (AvgIpc) is 2.48. The smallest absolute Gasteiger partial charge is 0.267 e. The van der Waals surface area contributed by atoms with Gasteiger partial charge in [0.15, 0.2) is 0 Å². The first-order valence-electron chi connectivity index (χ1n) is 3.82. The van der Waals surface area contributed by atoms with Gasteiger partial charge in [-0.1, -0.05) is 23.5 Å². The molecule has 2 aromatic rings. The van der Waals surface area contributed by atoms with E-state index in [0.717, 1.165) is 11.3 Å². The SMILES string of the molecule is Oc1nc(-c2ccccc2F)sc1O. The molecular formula is C9H6FNO2S. The molecule has 0 aliphatic rings. The molecule has 0 bridgehead atoms. The van der Waals surface area contributed by atoms with Crippen LogP contribution < -0.4 is 0 Å². The van der Waals surface area contributed by atoms with Gasteiger partial charge in [-0.15, -0.1) is 0 Å². The number of aromatic hydroxyl groups is 2. The zero-order chi connectivity index (χ0) is 10.1. The minimum atomic E-state index is -0.465. The fraction of sp³-hybridized carbons (Fsp3) is 0. The highest BCUT2D eigenvalue weighted by Crippen LogP contribution is 2.37. The Morgan fingerprint density at radius 3 is 2.50 bits per heavy atom. The first-order valence-corrected chi connectivity index (χ1v) is 4.64. The second-order valence-electron chi connectivity index (χ2n) is 2.63. The van der Waals surface area contributed by atoms with Gasteiger partial charge in [-0.25, -0.2) is 4.39 Å². The van der Waals surface area contributed by atoms with E-state index in [-0.39, 0.29) is 15.6 Å². The lowest BCUT2D eigenvalue weighted by atomic mass is 10.2. The van der Waals surface area contributed by atoms with E-state index < -0.39 is 11.7 Å². The van der Waals surface area contributed by atoms with Crippen LogP contribution in [0.3, 0.4) is 0 Å². The van der Waals surface area contributed by atoms with Crippen molar-refractivity contribution in [2.24, 2.45) is 0 Å². The van der Waals surface area contributed by atoms with Crippen molar-refractivity contribution >= 4 is 11.3 Å². The maximum atomic E-state index is 13.2. The molecule has 0 aliphatic carbocycles. The van der Waals surface area contributed by atoms with E-state index in [2.05, 4.69) is 4.98 Å². The molecule has 0 aliphatic heterocycles. The van der Waals surface area contributed by atoms with Crippen LogP contribution in [-0.4, -0.2) is 15.2 Å². The predicted molar refractivity (Wildman–Crippen MR) is 50.8 cm³/mol. The Labute approximate surface area is 83.1 Å². The monoisotopic (exact) mass is 211 g/mol. The fourth-order valence-corrected chi connectivity index (χ4v) is 1.78. The molecular weight excluding hydrogens is 205 g/mol. The third kappa shape index (κ3) is 1.42. The van der Waals surface area contributed by atoms with Crippen molar-refractivity contribution in [1.82, 2.24) is 4.98 Å². The number of rotatable bonds is 1. The summed E-state index contributed by atoms with van der Waals surface area (Å²) in [5.41, 5.74) is 0.271. The predicted octanol–water partition coefficient (Wildman–Crippen LogP) is 2.36. The Morgan fingerprint density at radius 1 is 1.21 bits per heavy atom. The van der Waals surface area contributed by atoms with Crippen molar-refractivity contribution in [3.8, 4) is 21.5 Å². The minimum Gasteiger partial charge on any atom is -0.496 e. The van der Waals surface area contributed by atoms with Gasteiger partial charge in [0.2, 0.25) is 5.06 Å². The molecule has 2 N–H and O–H groups in total. The van der Waals surface area contributed by atoms with E-state index in [1.165, 1.54) is 12.1 Å². The van der Waals surface area contributed by atoms with Gasteiger partial charge in [-0.05, 0) is 12.1 Å². The Hall–Kier alpha value is -1.62. The lowest BCUT2D eigenvalue weighted by Crippen LogP contribution is -1.81. The van der Waals surface area contributed by atoms with Crippen LogP contribution in [0.25, 0.3) is 10.6 Å². The molecule has 1 aromatic carbocycles. The summed E-state index contributed by atoms with van der Waals surface area (Å²) in [7, 11) is 0. The quantitative estimate of drug-likeness (QED) is 0.761. The van der Waals surface area contributed by atoms with Crippen molar-refractivity contribution in [3.63, 3.8) is 0 Å². The van der Waals surface area contributed by atoms with Gasteiger partial charge in [0.1, 0.15) is 10.8 Å². The number of nitrogens with zero attached hydrogens (tertiary/aromatic N) is 1. The first kappa shape index (κ1) is 8.96. The van der Waals surface area contributed by atoms with Crippen LogP contribution in [0.15, 0.2) is 24.3 Å². The van der Waals surface area contributed by atoms with Crippen molar-refractivity contribution in [2.45, 2.75) is 0 Å². The van der Waals surface area contributed by atoms with Crippen molar-refractivity contribution in [2.75, 3.05) is 0 Å². The largest absolute Gasteiger partial charge is 0.496 e. The molecule has 0 saturated carbocycles. The van der Waals surface area contributed by atoms with E-state index in [1.807, 2.05) is 0 Å². The molecule has 1 heterocycles. The first-order chi connectivity index (χ1) is 6.68. The summed E-state index contributed by atoms with van der Waals surface area (Å²) in [6.45, 7) is 0. The van der Waals surface area contributed by atoms with E-state index in [4.69, 9.17) is 10.2 Å². The van der Waals surface area contributed by atoms with Crippen molar-refractivity contribution in [1.29, 1.82) is 0 Å². The van der Waals surface area contributed by atoms with Gasteiger partial charge in [0.25, 0.3) is 5.88 Å². The molecule has 0 saturated heterocycles. The third-order valence-corrected chi connectivity index (χ3v) is 2.58. The molecule has 0 fully saturated rings. The summed E-state index contributed by atoms with van der Waals surface area (Å²) in [6.07, 6.45) is 0. The Kier molecular flexibility index (Phi) is 2.09. The number of benzene rings is 1. The van der Waals surface area contributed by atoms with Crippen LogP contribution in [-0.2, 0) is 0 Å². The Morgan fingerprint density at radius 2 is 1.93 bits per heavy atom. The summed E-state index contributed by atoms with van der Waals surface area (Å²) in [5, 5.41) is 18.1. The van der Waals surface area contributed by atoms with Crippen LogP contribution in [0.5, 0.6) is 10.9 Å². The molecule has 0 spiro atoms. The molecule has 72 valence electrons. The summed E-state index contributed by atoms with van der Waals surface area (Å²) >= 11 is 0.836. The Bertz CT molecular complexity index is 450. The third-order valence-electron chi connectivity index (χ3n) is 1.70. The van der Waals surface area contributed by atoms with Gasteiger partial charge in [0.05, 0.1) is 0 Å². The topological polar surface area (TPSA) is 53.4 Å². The van der Waals surface area contributed by atoms with Gasteiger partial charge in [-0.3, -0.25) is 0 Å². The van der Waals surface area contributed by atoms with Crippen LogP contribution in [0, 0.1) is 5.82 Å². The number of halogens is 1. The summed E-state index contributed by atoms with van der Waals surface area (Å²) in [6, 6.07) is 6.05. The summed E-state index contributed by atoms with van der Waals surface area (Å²) in [5.74, 6) is -0.894. The van der Waals surface area contributed by atoms with E-state index >= 15 is 0 Å². The molecule has 5 heteroatoms. The average molecular weight is 211 g/mol.